The van der Waals surface area contributed by atoms with E-state index in [1.807, 2.05) is 5.38 Å². The molecule has 94 valence electrons. The number of hydrogen-bond donors (Lipinski definition) is 2. The predicted octanol–water partition coefficient (Wildman–Crippen LogP) is 1.06. The van der Waals surface area contributed by atoms with Gasteiger partial charge in [-0.15, -0.1) is 11.3 Å². The molecule has 1 fully saturated rings. The fourth-order valence-electron chi connectivity index (χ4n) is 2.11. The molecule has 1 amide bonds. The molecule has 2 N–H and O–H groups in total. The summed E-state index contributed by atoms with van der Waals surface area (Å²) in [5, 5.41) is 14.5. The molecule has 1 aliphatic rings. The number of aliphatic hydroxyl groups excluding tert-OH is 1. The Balaban J connectivity index is 1.94. The molecule has 2 heterocycles. The molecule has 1 aliphatic heterocycles. The summed E-state index contributed by atoms with van der Waals surface area (Å²) in [5.74, 6) is -0.0969. The van der Waals surface area contributed by atoms with Crippen LogP contribution in [-0.2, 0) is 11.3 Å². The highest BCUT2D eigenvalue weighted by atomic mass is 32.1. The Bertz CT molecular complexity index is 394. The van der Waals surface area contributed by atoms with Crippen LogP contribution in [0, 0.1) is 0 Å². The number of amides is 1. The van der Waals surface area contributed by atoms with Crippen molar-refractivity contribution in [3.05, 3.63) is 11.1 Å². The van der Waals surface area contributed by atoms with Crippen LogP contribution in [-0.4, -0.2) is 40.1 Å². The topological polar surface area (TPSA) is 65.5 Å². The number of carbonyl (C=O) groups excluding carboxylic acids is 1. The van der Waals surface area contributed by atoms with Gasteiger partial charge in [-0.05, 0) is 19.4 Å². The molecule has 0 saturated carbocycles. The zero-order chi connectivity index (χ0) is 12.3. The quantitative estimate of drug-likeness (QED) is 0.844. The van der Waals surface area contributed by atoms with Crippen LogP contribution in [0.25, 0.3) is 0 Å². The lowest BCUT2D eigenvalue weighted by Crippen LogP contribution is -2.31. The molecule has 6 heteroatoms. The number of likely N-dealkylation sites (tertiary alicyclic amines) is 1. The van der Waals surface area contributed by atoms with Crippen molar-refractivity contribution in [1.29, 1.82) is 0 Å². The standard InChI is InChI=1S/C11H17N3O2S/c1-8(16)12-11-13-9(7-17-11)5-14-4-2-3-10(14)6-15/h7,10,15H,2-6H2,1H3,(H,12,13,16)/t10-/m0/s1. The highest BCUT2D eigenvalue weighted by Gasteiger charge is 2.24. The predicted molar refractivity (Wildman–Crippen MR) is 66.9 cm³/mol. The maximum absolute atomic E-state index is 10.9. The van der Waals surface area contributed by atoms with Gasteiger partial charge in [-0.3, -0.25) is 9.69 Å². The lowest BCUT2D eigenvalue weighted by molar-refractivity contribution is -0.114. The van der Waals surface area contributed by atoms with E-state index in [4.69, 9.17) is 0 Å². The number of hydrogen-bond acceptors (Lipinski definition) is 5. The van der Waals surface area contributed by atoms with Gasteiger partial charge in [0.05, 0.1) is 12.3 Å². The molecular formula is C11H17N3O2S. The summed E-state index contributed by atoms with van der Waals surface area (Å²) in [6, 6.07) is 0.265. The zero-order valence-electron chi connectivity index (χ0n) is 9.85. The summed E-state index contributed by atoms with van der Waals surface area (Å²) in [5.41, 5.74) is 0.958. The van der Waals surface area contributed by atoms with Gasteiger partial charge in [0.2, 0.25) is 5.91 Å². The second-order valence-electron chi connectivity index (χ2n) is 4.27. The monoisotopic (exact) mass is 255 g/mol. The van der Waals surface area contributed by atoms with E-state index in [1.54, 1.807) is 0 Å². The van der Waals surface area contributed by atoms with E-state index >= 15 is 0 Å². The van der Waals surface area contributed by atoms with Crippen molar-refractivity contribution in [3.8, 4) is 0 Å². The highest BCUT2D eigenvalue weighted by molar-refractivity contribution is 7.13. The first-order valence-corrected chi connectivity index (χ1v) is 6.64. The molecule has 17 heavy (non-hydrogen) atoms. The molecule has 0 unspecified atom stereocenters. The Morgan fingerprint density at radius 2 is 2.59 bits per heavy atom. The van der Waals surface area contributed by atoms with Crippen molar-refractivity contribution in [2.24, 2.45) is 0 Å². The summed E-state index contributed by atoms with van der Waals surface area (Å²) < 4.78 is 0. The third-order valence-electron chi connectivity index (χ3n) is 2.91. The van der Waals surface area contributed by atoms with E-state index in [1.165, 1.54) is 18.3 Å². The summed E-state index contributed by atoms with van der Waals surface area (Å²) in [7, 11) is 0. The van der Waals surface area contributed by atoms with E-state index in [9.17, 15) is 9.90 Å². The van der Waals surface area contributed by atoms with Crippen LogP contribution in [0.3, 0.4) is 0 Å². The first kappa shape index (κ1) is 12.5. The van der Waals surface area contributed by atoms with Gasteiger partial charge in [0.25, 0.3) is 0 Å². The van der Waals surface area contributed by atoms with Gasteiger partial charge in [-0.25, -0.2) is 4.98 Å². The van der Waals surface area contributed by atoms with Crippen LogP contribution in [0.1, 0.15) is 25.5 Å². The smallest absolute Gasteiger partial charge is 0.223 e. The molecule has 1 atom stereocenters. The molecule has 0 spiro atoms. The molecule has 1 saturated heterocycles. The Morgan fingerprint density at radius 1 is 1.76 bits per heavy atom. The lowest BCUT2D eigenvalue weighted by Gasteiger charge is -2.21. The zero-order valence-corrected chi connectivity index (χ0v) is 10.7. The van der Waals surface area contributed by atoms with Gasteiger partial charge in [0.15, 0.2) is 5.13 Å². The van der Waals surface area contributed by atoms with Crippen molar-refractivity contribution in [2.75, 3.05) is 18.5 Å². The lowest BCUT2D eigenvalue weighted by atomic mass is 10.2. The van der Waals surface area contributed by atoms with Crippen LogP contribution in [0.2, 0.25) is 0 Å². The average Bonchev–Trinajstić information content (AvgIpc) is 2.87. The van der Waals surface area contributed by atoms with E-state index < -0.39 is 0 Å². The van der Waals surface area contributed by atoms with E-state index in [2.05, 4.69) is 15.2 Å². The summed E-state index contributed by atoms with van der Waals surface area (Å²) in [4.78, 5) is 17.5. The highest BCUT2D eigenvalue weighted by Crippen LogP contribution is 2.22. The number of anilines is 1. The molecule has 1 aromatic heterocycles. The SMILES string of the molecule is CC(=O)Nc1nc(CN2CCC[C@H]2CO)cs1. The number of aliphatic hydroxyl groups is 1. The Kier molecular flexibility index (Phi) is 4.09. The number of nitrogens with zero attached hydrogens (tertiary/aromatic N) is 2. The summed E-state index contributed by atoms with van der Waals surface area (Å²) in [6.07, 6.45) is 2.19. The molecule has 0 aliphatic carbocycles. The molecule has 2 rings (SSSR count). The minimum atomic E-state index is -0.0969. The maximum atomic E-state index is 10.9. The number of thiazole rings is 1. The Labute approximate surface area is 104 Å². The minimum Gasteiger partial charge on any atom is -0.395 e. The minimum absolute atomic E-state index is 0.0969. The van der Waals surface area contributed by atoms with E-state index in [-0.39, 0.29) is 18.6 Å². The van der Waals surface area contributed by atoms with Crippen molar-refractivity contribution < 1.29 is 9.90 Å². The molecule has 0 bridgehead atoms. The van der Waals surface area contributed by atoms with Gasteiger partial charge in [0, 0.05) is 24.9 Å². The van der Waals surface area contributed by atoms with Crippen LogP contribution in [0.15, 0.2) is 5.38 Å². The van der Waals surface area contributed by atoms with Gasteiger partial charge in [0.1, 0.15) is 0 Å². The van der Waals surface area contributed by atoms with Crippen molar-refractivity contribution in [3.63, 3.8) is 0 Å². The van der Waals surface area contributed by atoms with Crippen LogP contribution >= 0.6 is 11.3 Å². The number of aromatic nitrogens is 1. The van der Waals surface area contributed by atoms with E-state index in [0.717, 1.165) is 31.6 Å². The fourth-order valence-corrected chi connectivity index (χ4v) is 2.85. The van der Waals surface area contributed by atoms with Crippen molar-refractivity contribution in [1.82, 2.24) is 9.88 Å². The largest absolute Gasteiger partial charge is 0.395 e. The number of nitrogens with one attached hydrogen (secondary N) is 1. The molecule has 0 radical (unpaired) electrons. The Morgan fingerprint density at radius 3 is 3.29 bits per heavy atom. The molecular weight excluding hydrogens is 238 g/mol. The third kappa shape index (κ3) is 3.24. The molecule has 5 nitrogen and oxygen atoms in total. The number of carbonyl (C=O) groups is 1. The first-order valence-electron chi connectivity index (χ1n) is 5.76. The van der Waals surface area contributed by atoms with Gasteiger partial charge in [-0.1, -0.05) is 0 Å². The molecule has 0 aromatic carbocycles. The van der Waals surface area contributed by atoms with Crippen LogP contribution < -0.4 is 5.32 Å². The Hall–Kier alpha value is -0.980. The van der Waals surface area contributed by atoms with Gasteiger partial charge in [-0.2, -0.15) is 0 Å². The second-order valence-corrected chi connectivity index (χ2v) is 5.13. The first-order chi connectivity index (χ1) is 8.19. The summed E-state index contributed by atoms with van der Waals surface area (Å²) in [6.45, 7) is 3.45. The van der Waals surface area contributed by atoms with E-state index in [0.29, 0.717) is 5.13 Å². The maximum Gasteiger partial charge on any atom is 0.223 e. The third-order valence-corrected chi connectivity index (χ3v) is 3.72. The fraction of sp³-hybridized carbons (Fsp3) is 0.636. The van der Waals surface area contributed by atoms with Crippen molar-refractivity contribution in [2.45, 2.75) is 32.4 Å². The second kappa shape index (κ2) is 5.57. The van der Waals surface area contributed by atoms with Crippen LogP contribution in [0.4, 0.5) is 5.13 Å². The molecule has 1 aromatic rings. The number of rotatable bonds is 4. The average molecular weight is 255 g/mol. The normalized spacial score (nSPS) is 20.7. The van der Waals surface area contributed by atoms with Crippen LogP contribution in [0.5, 0.6) is 0 Å². The van der Waals surface area contributed by atoms with Crippen molar-refractivity contribution >= 4 is 22.4 Å². The summed E-state index contributed by atoms with van der Waals surface area (Å²) >= 11 is 1.44. The van der Waals surface area contributed by atoms with Gasteiger partial charge >= 0.3 is 0 Å². The van der Waals surface area contributed by atoms with Gasteiger partial charge < -0.3 is 10.4 Å².